The summed E-state index contributed by atoms with van der Waals surface area (Å²) in [6, 6.07) is -6.56. The normalized spacial score (nSPS) is 15.4. The number of carboxylic acid groups (broad SMARTS) is 2. The molecule has 2 aliphatic rings. The lowest BCUT2D eigenvalue weighted by Gasteiger charge is -2.29. The van der Waals surface area contributed by atoms with Crippen molar-refractivity contribution in [3.8, 4) is 11.1 Å². The molecule has 2 aromatic carbocycles. The van der Waals surface area contributed by atoms with E-state index in [0.29, 0.717) is 36.0 Å². The van der Waals surface area contributed by atoms with Crippen molar-refractivity contribution in [3.63, 3.8) is 0 Å². The Hall–Kier alpha value is -16.0. The summed E-state index contributed by atoms with van der Waals surface area (Å²) in [6.45, 7) is -0.587. The molecule has 2 aliphatic heterocycles. The van der Waals surface area contributed by atoms with E-state index in [0.717, 1.165) is 5.75 Å². The van der Waals surface area contributed by atoms with E-state index in [9.17, 15) is 63.5 Å². The zero-order valence-electron chi connectivity index (χ0n) is 79.9. The number of aliphatic carboxylic acids is 2. The molecule has 0 aromatic heterocycles. The molecule has 0 saturated carbocycles. The van der Waals surface area contributed by atoms with E-state index in [1.54, 1.807) is 30.0 Å². The lowest BCUT2D eigenvalue weighted by atomic mass is 10.00. The topological polar surface area (TPSA) is 1040 Å². The average molecular weight is 2050 g/mol. The highest BCUT2D eigenvalue weighted by Gasteiger charge is 2.43. The number of nitrogens with two attached hydrogens (primary N) is 9. The highest BCUT2D eigenvalue weighted by Crippen LogP contribution is 2.33. The van der Waals surface area contributed by atoms with Gasteiger partial charge in [-0.25, -0.2) is 9.59 Å². The molecular formula is C84H143N41O18S. The van der Waals surface area contributed by atoms with E-state index in [1.165, 1.54) is 30.3 Å². The Morgan fingerprint density at radius 2 is 0.625 bits per heavy atom. The maximum atomic E-state index is 15.2. The third kappa shape index (κ3) is 49.2. The van der Waals surface area contributed by atoms with E-state index in [4.69, 9.17) is 100 Å². The van der Waals surface area contributed by atoms with Gasteiger partial charge in [-0.15, -0.1) is 0 Å². The van der Waals surface area contributed by atoms with Crippen molar-refractivity contribution in [2.75, 3.05) is 64.7 Å². The van der Waals surface area contributed by atoms with Crippen molar-refractivity contribution >= 4 is 154 Å². The van der Waals surface area contributed by atoms with E-state index >= 15 is 24.0 Å². The summed E-state index contributed by atoms with van der Waals surface area (Å²) in [5.74, 6) is -17.7. The van der Waals surface area contributed by atoms with Gasteiger partial charge < -0.3 is 179 Å². The number of nitrogens with zero attached hydrogens (tertiary/aromatic N) is 1. The van der Waals surface area contributed by atoms with Gasteiger partial charge in [0.1, 0.15) is 66.5 Å². The Labute approximate surface area is 834 Å². The van der Waals surface area contributed by atoms with Gasteiger partial charge in [0.15, 0.2) is 53.6 Å². The first-order chi connectivity index (χ1) is 68.3. The molecule has 14 atom stereocenters. The number of carbonyl (C=O) groups is 14. The van der Waals surface area contributed by atoms with Crippen LogP contribution < -0.4 is 169 Å². The minimum Gasteiger partial charge on any atom is -0.481 e. The van der Waals surface area contributed by atoms with Gasteiger partial charge in [0.25, 0.3) is 5.69 Å². The molecule has 0 unspecified atom stereocenters. The Bertz CT molecular complexity index is 4750. The third-order valence-electron chi connectivity index (χ3n) is 22.3. The number of benzene rings is 2. The number of nitro benzene ring substituents is 1. The van der Waals surface area contributed by atoms with Crippen LogP contribution in [-0.4, -0.2) is 300 Å². The smallest absolute Gasteiger partial charge is 0.326 e. The number of nitro groups is 1. The van der Waals surface area contributed by atoms with Gasteiger partial charge in [0.05, 0.1) is 17.0 Å². The summed E-state index contributed by atoms with van der Waals surface area (Å²) in [5, 5.41) is 160. The van der Waals surface area contributed by atoms with Crippen LogP contribution in [-0.2, 0) is 68.7 Å². The molecule has 0 spiro atoms. The number of non-ortho nitro benzene ring substituents is 1. The fraction of sp³-hybridized carbons (Fsp3) is 0.583. The zero-order valence-corrected chi connectivity index (χ0v) is 80.7. The number of fused-ring (bicyclic) bond motifs is 1. The first kappa shape index (κ1) is 120. The molecule has 59 nitrogen and oxygen atoms in total. The van der Waals surface area contributed by atoms with E-state index < -0.39 is 209 Å². The van der Waals surface area contributed by atoms with E-state index in [1.807, 2.05) is 0 Å². The lowest BCUT2D eigenvalue weighted by molar-refractivity contribution is -0.384. The predicted molar refractivity (Wildman–Crippen MR) is 534 cm³/mol. The maximum Gasteiger partial charge on any atom is 0.326 e. The number of guanidine groups is 9. The number of nitrogens with one attached hydrogen (secondary N) is 31. The molecule has 2 saturated heterocycles. The second-order valence-electron chi connectivity index (χ2n) is 33.9. The number of unbranched alkanes of at least 4 members (excludes halogenated alkanes) is 1. The Morgan fingerprint density at radius 3 is 0.889 bits per heavy atom. The summed E-state index contributed by atoms with van der Waals surface area (Å²) in [5.41, 5.74) is 51.5. The van der Waals surface area contributed by atoms with Crippen LogP contribution >= 0.6 is 11.8 Å². The van der Waals surface area contributed by atoms with Crippen molar-refractivity contribution in [1.29, 1.82) is 48.7 Å². The number of carboxylic acids is 2. The minimum atomic E-state index is -1.87. The SMILES string of the molecule is N=C(N)NCCC[C@H](NC(=O)CCCC[C@@H]1SC[C@@H]2NC(=O)N[C@@H]21)C(=O)N[C@@H](CCCNC(=N)N)C(=O)N[C@@H](CCCNC(=N)N)C(=O)N[C@@H](CCCNC(=N)N)C(=O)N[C@@H](CCCNC(=N)N)C(=O)N[C@@H](CCCNC(=N)N)C(=O)N[C@@H](CCCNC(=N)N)C(=O)N[C@@H](CCCNC(=N)N)C(=O)N[C@@H](CCC(=O)O)C(=O)N[C@@H](CCCNC(=N)N)C(=O)N[C@@H](Cc1ccc(-c2cccc([N+](=O)[O-])c2)cc1)C(=O)O. The maximum absolute atomic E-state index is 15.2. The fourth-order valence-corrected chi connectivity index (χ4v) is 16.6. The van der Waals surface area contributed by atoms with Gasteiger partial charge in [-0.2, -0.15) is 11.8 Å². The predicted octanol–water partition coefficient (Wildman–Crippen LogP) is -8.82. The van der Waals surface area contributed by atoms with Crippen molar-refractivity contribution in [2.24, 2.45) is 51.6 Å². The fourth-order valence-electron chi connectivity index (χ4n) is 15.1. The van der Waals surface area contributed by atoms with Crippen molar-refractivity contribution in [3.05, 3.63) is 64.2 Å². The van der Waals surface area contributed by atoms with Crippen LogP contribution in [0.5, 0.6) is 0 Å². The molecule has 2 fully saturated rings. The van der Waals surface area contributed by atoms with Gasteiger partial charge in [0, 0.05) is 101 Å². The minimum absolute atomic E-state index is 0.000149. The number of carbonyl (C=O) groups excluding carboxylic acids is 12. The summed E-state index contributed by atoms with van der Waals surface area (Å²) >= 11 is 1.71. The van der Waals surface area contributed by atoms with Crippen molar-refractivity contribution in [1.82, 2.24) is 117 Å². The molecule has 0 radical (unpaired) electrons. The highest BCUT2D eigenvalue weighted by atomic mass is 32.2. The van der Waals surface area contributed by atoms with Crippen molar-refractivity contribution < 1.29 is 82.3 Å². The van der Waals surface area contributed by atoms with Gasteiger partial charge in [-0.05, 0) is 152 Å². The molecule has 2 heterocycles. The van der Waals surface area contributed by atoms with Crippen LogP contribution in [0.15, 0.2) is 48.5 Å². The van der Waals surface area contributed by atoms with Gasteiger partial charge >= 0.3 is 18.0 Å². The van der Waals surface area contributed by atoms with Gasteiger partial charge in [-0.1, -0.05) is 42.8 Å². The van der Waals surface area contributed by atoms with Crippen LogP contribution in [0.1, 0.15) is 160 Å². The molecule has 13 amide bonds. The van der Waals surface area contributed by atoms with Crippen LogP contribution in [0, 0.1) is 58.8 Å². The monoisotopic (exact) mass is 2050 g/mol. The molecule has 144 heavy (non-hydrogen) atoms. The standard InChI is InChI=1S/C84H143N41O18S/c85-75(86)103-32-4-15-48(112-61(126)25-2-1-24-60-63-59(43-144-60)123-84(141)124-63)64(129)113-49(16-5-33-104-76(87)88)65(130)114-50(17-6-34-105-77(89)90)66(131)115-51(18-7-35-106-78(91)92)67(132)116-52(19-8-36-107-79(93)94)68(133)117-53(20-9-37-108-80(95)96)69(134)118-54(21-10-38-109-81(97)98)70(135)119-55(22-11-39-110-82(99)100)71(136)121-57(30-31-62(127)128)73(138)120-56(23-12-40-111-83(101)102)72(137)122-58(74(139)140)41-44-26-28-45(29-27-44)46-13-3-14-47(42-46)125(142)143/h3,13-14,26-29,42,48-60,63H,1-2,4-12,15-25,30-41,43H2,(H,112,126)(H,113,129)(H,114,130)(H,115,131)(H,116,132)(H,117,133)(H,118,134)(H,119,135)(H,120,138)(H,121,136)(H,122,137)(H,127,128)(H,139,140)(H4,85,86,103)(H4,87,88,104)(H4,89,90,105)(H4,91,92,106)(H4,93,94,107)(H4,95,96,108)(H4,97,98,109)(H4,99,100,110)(H4,101,102,111)(H2,123,124,141)/t48-,49-,50-,51-,52-,53-,54-,55-,56-,57-,58-,59-,60-,63-/m0/s1. The number of urea groups is 1. The molecular weight excluding hydrogens is 1900 g/mol. The van der Waals surface area contributed by atoms with Gasteiger partial charge in [-0.3, -0.25) is 116 Å². The molecule has 0 bridgehead atoms. The summed E-state index contributed by atoms with van der Waals surface area (Å²) in [6.07, 6.45) is -2.89. The van der Waals surface area contributed by atoms with Crippen LogP contribution in [0.2, 0.25) is 0 Å². The van der Waals surface area contributed by atoms with E-state index in [-0.39, 0.29) is 222 Å². The third-order valence-corrected chi connectivity index (χ3v) is 23.8. The molecule has 0 aliphatic carbocycles. The molecule has 51 N–H and O–H groups in total. The highest BCUT2D eigenvalue weighted by molar-refractivity contribution is 8.00. The average Bonchev–Trinajstić information content (AvgIpc) is 1.67. The first-order valence-corrected chi connectivity index (χ1v) is 47.9. The molecule has 60 heteroatoms. The summed E-state index contributed by atoms with van der Waals surface area (Å²) in [4.78, 5) is 211. The van der Waals surface area contributed by atoms with Crippen LogP contribution in [0.25, 0.3) is 11.1 Å². The number of rotatable bonds is 70. The Balaban J connectivity index is 1.75. The second-order valence-corrected chi connectivity index (χ2v) is 35.2. The molecule has 798 valence electrons. The van der Waals surface area contributed by atoms with Crippen molar-refractivity contribution in [2.45, 2.75) is 244 Å². The van der Waals surface area contributed by atoms with Crippen LogP contribution in [0.3, 0.4) is 0 Å². The molecule has 2 aromatic rings. The number of amides is 13. The summed E-state index contributed by atoms with van der Waals surface area (Å²) < 4.78 is 0. The quantitative estimate of drug-likeness (QED) is 0.00730. The van der Waals surface area contributed by atoms with Crippen LogP contribution in [0.4, 0.5) is 10.5 Å². The number of thioether (sulfide) groups is 1. The Kier molecular flexibility index (Phi) is 54.4. The molecule has 4 rings (SSSR count). The zero-order chi connectivity index (χ0) is 107. The largest absolute Gasteiger partial charge is 0.481 e. The number of hydrogen-bond donors (Lipinski definition) is 42. The Morgan fingerprint density at radius 1 is 0.354 bits per heavy atom. The summed E-state index contributed by atoms with van der Waals surface area (Å²) in [7, 11) is 0. The van der Waals surface area contributed by atoms with Gasteiger partial charge in [0.2, 0.25) is 65.0 Å². The second kappa shape index (κ2) is 65.1. The first-order valence-electron chi connectivity index (χ1n) is 46.8. The number of hydrogen-bond acceptors (Lipinski definition) is 26. The lowest BCUT2D eigenvalue weighted by Crippen LogP contribution is -2.61. The van der Waals surface area contributed by atoms with E-state index in [2.05, 4.69) is 117 Å².